The average molecular weight is 338 g/mol. The van der Waals surface area contributed by atoms with Crippen molar-refractivity contribution >= 4 is 11.6 Å². The van der Waals surface area contributed by atoms with Crippen molar-refractivity contribution in [2.45, 2.75) is 20.3 Å². The van der Waals surface area contributed by atoms with Crippen LogP contribution >= 0.6 is 0 Å². The molecule has 25 heavy (non-hydrogen) atoms. The summed E-state index contributed by atoms with van der Waals surface area (Å²) in [5.41, 5.74) is 3.56. The summed E-state index contributed by atoms with van der Waals surface area (Å²) in [6.07, 6.45) is 0.244. The van der Waals surface area contributed by atoms with Gasteiger partial charge in [0, 0.05) is 12.1 Å². The first kappa shape index (κ1) is 18.3. The average Bonchev–Trinajstić information content (AvgIpc) is 2.63. The molecule has 2 aromatic rings. The van der Waals surface area contributed by atoms with Crippen LogP contribution in [-0.4, -0.2) is 20.1 Å². The predicted octanol–water partition coefficient (Wildman–Crippen LogP) is 3.64. The maximum absolute atomic E-state index is 12.6. The van der Waals surface area contributed by atoms with Gasteiger partial charge in [0.2, 0.25) is 5.91 Å². The Kier molecular flexibility index (Phi) is 6.02. The lowest BCUT2D eigenvalue weighted by molar-refractivity contribution is -0.118. The zero-order valence-corrected chi connectivity index (χ0v) is 14.9. The van der Waals surface area contributed by atoms with Crippen molar-refractivity contribution in [1.29, 1.82) is 5.26 Å². The maximum atomic E-state index is 12.6. The highest BCUT2D eigenvalue weighted by Gasteiger charge is 2.21. The molecule has 1 unspecified atom stereocenters. The lowest BCUT2D eigenvalue weighted by atomic mass is 9.98. The molecule has 0 radical (unpaired) electrons. The summed E-state index contributed by atoms with van der Waals surface area (Å²) >= 11 is 0. The molecule has 0 fully saturated rings. The minimum atomic E-state index is -0.832. The highest BCUT2D eigenvalue weighted by Crippen LogP contribution is 2.27. The Hall–Kier alpha value is -3.00. The summed E-state index contributed by atoms with van der Waals surface area (Å²) in [7, 11) is 3.13. The van der Waals surface area contributed by atoms with Gasteiger partial charge in [-0.2, -0.15) is 5.26 Å². The van der Waals surface area contributed by atoms with Crippen molar-refractivity contribution in [3.63, 3.8) is 0 Å². The molecule has 0 bridgehead atoms. The first-order chi connectivity index (χ1) is 12.0. The first-order valence-electron chi connectivity index (χ1n) is 7.97. The zero-order valence-electron chi connectivity index (χ0n) is 14.9. The van der Waals surface area contributed by atoms with Gasteiger partial charge in [0.15, 0.2) is 0 Å². The van der Waals surface area contributed by atoms with Crippen LogP contribution in [0.4, 0.5) is 5.69 Å². The SMILES string of the molecule is COc1ccc(OC)c(CC(C#N)C(=O)Nc2cccc(C)c2C)c1. The lowest BCUT2D eigenvalue weighted by Crippen LogP contribution is -2.24. The number of rotatable bonds is 6. The van der Waals surface area contributed by atoms with E-state index in [2.05, 4.69) is 11.4 Å². The van der Waals surface area contributed by atoms with Crippen LogP contribution in [0.5, 0.6) is 11.5 Å². The Morgan fingerprint density at radius 1 is 1.20 bits per heavy atom. The fourth-order valence-electron chi connectivity index (χ4n) is 2.56. The third kappa shape index (κ3) is 4.30. The van der Waals surface area contributed by atoms with Crippen LogP contribution in [0.25, 0.3) is 0 Å². The van der Waals surface area contributed by atoms with E-state index in [1.54, 1.807) is 32.4 Å². The first-order valence-corrected chi connectivity index (χ1v) is 7.97. The van der Waals surface area contributed by atoms with Gasteiger partial charge in [0.25, 0.3) is 0 Å². The highest BCUT2D eigenvalue weighted by molar-refractivity contribution is 5.95. The minimum absolute atomic E-state index is 0.244. The number of hydrogen-bond acceptors (Lipinski definition) is 4. The van der Waals surface area contributed by atoms with Gasteiger partial charge < -0.3 is 14.8 Å². The number of aryl methyl sites for hydroxylation is 1. The van der Waals surface area contributed by atoms with Crippen molar-refractivity contribution < 1.29 is 14.3 Å². The number of carbonyl (C=O) groups excluding carboxylic acids is 1. The summed E-state index contributed by atoms with van der Waals surface area (Å²) in [6.45, 7) is 3.92. The van der Waals surface area contributed by atoms with E-state index < -0.39 is 5.92 Å². The third-order valence-corrected chi connectivity index (χ3v) is 4.25. The predicted molar refractivity (Wildman–Crippen MR) is 96.9 cm³/mol. The van der Waals surface area contributed by atoms with Crippen molar-refractivity contribution in [3.8, 4) is 17.6 Å². The number of anilines is 1. The van der Waals surface area contributed by atoms with E-state index in [4.69, 9.17) is 9.47 Å². The van der Waals surface area contributed by atoms with Crippen molar-refractivity contribution in [1.82, 2.24) is 0 Å². The largest absolute Gasteiger partial charge is 0.497 e. The van der Waals surface area contributed by atoms with Gasteiger partial charge in [0.05, 0.1) is 20.3 Å². The molecular weight excluding hydrogens is 316 g/mol. The number of nitriles is 1. The van der Waals surface area contributed by atoms with Crippen LogP contribution in [0.2, 0.25) is 0 Å². The number of carbonyl (C=O) groups is 1. The van der Waals surface area contributed by atoms with Crippen molar-refractivity contribution in [2.24, 2.45) is 5.92 Å². The Bertz CT molecular complexity index is 809. The molecule has 0 spiro atoms. The van der Waals surface area contributed by atoms with Gasteiger partial charge in [-0.25, -0.2) is 0 Å². The topological polar surface area (TPSA) is 71.3 Å². The van der Waals surface area contributed by atoms with E-state index in [0.717, 1.165) is 22.4 Å². The highest BCUT2D eigenvalue weighted by atomic mass is 16.5. The Balaban J connectivity index is 2.21. The summed E-state index contributed by atoms with van der Waals surface area (Å²) in [4.78, 5) is 12.6. The summed E-state index contributed by atoms with van der Waals surface area (Å²) in [6, 6.07) is 13.1. The summed E-state index contributed by atoms with van der Waals surface area (Å²) < 4.78 is 10.5. The zero-order chi connectivity index (χ0) is 18.4. The van der Waals surface area contributed by atoms with Crippen LogP contribution in [-0.2, 0) is 11.2 Å². The molecule has 0 heterocycles. The molecule has 2 rings (SSSR count). The van der Waals surface area contributed by atoms with Gasteiger partial charge in [-0.3, -0.25) is 4.79 Å². The monoisotopic (exact) mass is 338 g/mol. The van der Waals surface area contributed by atoms with E-state index in [1.807, 2.05) is 32.0 Å². The van der Waals surface area contributed by atoms with Crippen LogP contribution in [0.3, 0.4) is 0 Å². The smallest absolute Gasteiger partial charge is 0.242 e. The Morgan fingerprint density at radius 2 is 1.96 bits per heavy atom. The lowest BCUT2D eigenvalue weighted by Gasteiger charge is -2.15. The molecule has 0 saturated carbocycles. The molecular formula is C20H22N2O3. The summed E-state index contributed by atoms with van der Waals surface area (Å²) in [5.74, 6) is 0.116. The van der Waals surface area contributed by atoms with Gasteiger partial charge in [-0.05, 0) is 54.8 Å². The number of nitrogens with one attached hydrogen (secondary N) is 1. The van der Waals surface area contributed by atoms with Crippen molar-refractivity contribution in [2.75, 3.05) is 19.5 Å². The Labute approximate surface area is 148 Å². The molecule has 0 aliphatic rings. The van der Waals surface area contributed by atoms with Crippen LogP contribution in [0.1, 0.15) is 16.7 Å². The number of ether oxygens (including phenoxy) is 2. The van der Waals surface area contributed by atoms with Crippen LogP contribution < -0.4 is 14.8 Å². The third-order valence-electron chi connectivity index (χ3n) is 4.25. The molecule has 0 aliphatic carbocycles. The summed E-state index contributed by atoms with van der Waals surface area (Å²) in [5, 5.41) is 12.3. The van der Waals surface area contributed by atoms with Gasteiger partial charge >= 0.3 is 0 Å². The molecule has 0 aliphatic heterocycles. The number of amides is 1. The molecule has 2 aromatic carbocycles. The Morgan fingerprint density at radius 3 is 2.60 bits per heavy atom. The number of benzene rings is 2. The van der Waals surface area contributed by atoms with E-state index in [-0.39, 0.29) is 12.3 Å². The van der Waals surface area contributed by atoms with Crippen molar-refractivity contribution in [3.05, 3.63) is 53.1 Å². The number of methoxy groups -OCH3 is 2. The molecule has 5 nitrogen and oxygen atoms in total. The normalized spacial score (nSPS) is 11.3. The van der Waals surface area contributed by atoms with Gasteiger partial charge in [-0.1, -0.05) is 12.1 Å². The van der Waals surface area contributed by atoms with Crippen LogP contribution in [0, 0.1) is 31.1 Å². The standard InChI is InChI=1S/C20H22N2O3/c1-13-6-5-7-18(14(13)2)22-20(23)16(12-21)10-15-11-17(24-3)8-9-19(15)25-4/h5-9,11,16H,10H2,1-4H3,(H,22,23). The molecule has 0 saturated heterocycles. The number of nitrogens with zero attached hydrogens (tertiary/aromatic N) is 1. The molecule has 1 atom stereocenters. The van der Waals surface area contributed by atoms with Gasteiger partial charge in [-0.15, -0.1) is 0 Å². The van der Waals surface area contributed by atoms with E-state index in [9.17, 15) is 10.1 Å². The molecule has 1 amide bonds. The second-order valence-electron chi connectivity index (χ2n) is 5.80. The van der Waals surface area contributed by atoms with E-state index in [0.29, 0.717) is 11.5 Å². The molecule has 130 valence electrons. The second-order valence-corrected chi connectivity index (χ2v) is 5.80. The number of hydrogen-bond donors (Lipinski definition) is 1. The fourth-order valence-corrected chi connectivity index (χ4v) is 2.56. The van der Waals surface area contributed by atoms with Crippen LogP contribution in [0.15, 0.2) is 36.4 Å². The molecule has 5 heteroatoms. The molecule has 1 N–H and O–H groups in total. The van der Waals surface area contributed by atoms with E-state index >= 15 is 0 Å². The van der Waals surface area contributed by atoms with E-state index in [1.165, 1.54) is 0 Å². The minimum Gasteiger partial charge on any atom is -0.497 e. The fraction of sp³-hybridized carbons (Fsp3) is 0.300. The second kappa shape index (κ2) is 8.20. The quantitative estimate of drug-likeness (QED) is 0.873. The molecule has 0 aromatic heterocycles. The maximum Gasteiger partial charge on any atom is 0.242 e. The van der Waals surface area contributed by atoms with Gasteiger partial charge in [0.1, 0.15) is 17.4 Å².